The van der Waals surface area contributed by atoms with Crippen molar-refractivity contribution in [1.29, 1.82) is 0 Å². The van der Waals surface area contributed by atoms with Gasteiger partial charge in [-0.05, 0) is 11.6 Å². The fourth-order valence-electron chi connectivity index (χ4n) is 1.02. The van der Waals surface area contributed by atoms with Crippen molar-refractivity contribution in [2.24, 2.45) is 0 Å². The second-order valence-electron chi connectivity index (χ2n) is 2.52. The van der Waals surface area contributed by atoms with E-state index < -0.39 is 17.2 Å². The number of carboxylic acid groups (broad SMARTS) is 1. The van der Waals surface area contributed by atoms with Crippen molar-refractivity contribution in [2.45, 2.75) is 6.54 Å². The Balaban J connectivity index is 2.84. The number of hydrogen-bond donors (Lipinski definition) is 2. The summed E-state index contributed by atoms with van der Waals surface area (Å²) in [7, 11) is 0. The number of hydrogen-bond acceptors (Lipinski definition) is 3. The van der Waals surface area contributed by atoms with Gasteiger partial charge in [-0.2, -0.15) is 0 Å². The molecule has 0 heterocycles. The first kappa shape index (κ1) is 10.8. The van der Waals surface area contributed by atoms with E-state index in [1.54, 1.807) is 18.2 Å². The quantitative estimate of drug-likeness (QED) is 0.704. The molecule has 1 aromatic rings. The highest BCUT2D eigenvalue weighted by Crippen LogP contribution is 2.08. The average Bonchev–Trinajstić information content (AvgIpc) is 2.15. The van der Waals surface area contributed by atoms with Crippen LogP contribution >= 0.6 is 0 Å². The van der Waals surface area contributed by atoms with Gasteiger partial charge in [-0.25, -0.2) is 9.52 Å². The highest BCUT2D eigenvalue weighted by Gasteiger charge is 2.07. The molecule has 2 N–H and O–H groups in total. The standard InChI is InChI=1S/C8H9NO4S/c10-8(11)7-4-2-1-3-6(7)5-9-14(12)13/h1-4,9H,5H2,(H,10,11)(H,12,13)/p-1. The number of aromatic carboxylic acids is 1. The predicted molar refractivity (Wildman–Crippen MR) is 49.2 cm³/mol. The molecule has 6 heteroatoms. The highest BCUT2D eigenvalue weighted by atomic mass is 32.2. The van der Waals surface area contributed by atoms with Gasteiger partial charge in [0.15, 0.2) is 0 Å². The second kappa shape index (κ2) is 4.85. The van der Waals surface area contributed by atoms with E-state index in [4.69, 9.17) is 5.11 Å². The van der Waals surface area contributed by atoms with Crippen molar-refractivity contribution in [2.75, 3.05) is 0 Å². The molecule has 0 bridgehead atoms. The summed E-state index contributed by atoms with van der Waals surface area (Å²) >= 11 is -2.38. The van der Waals surface area contributed by atoms with E-state index in [2.05, 4.69) is 4.72 Å². The van der Waals surface area contributed by atoms with E-state index >= 15 is 0 Å². The topological polar surface area (TPSA) is 89.5 Å². The minimum absolute atomic E-state index is 0.0153. The molecule has 0 aliphatic carbocycles. The van der Waals surface area contributed by atoms with Gasteiger partial charge in [-0.1, -0.05) is 18.2 Å². The molecule has 0 aliphatic heterocycles. The molecule has 1 unspecified atom stereocenters. The molecule has 0 aliphatic rings. The fourth-order valence-corrected chi connectivity index (χ4v) is 1.29. The molecule has 0 aromatic heterocycles. The van der Waals surface area contributed by atoms with Gasteiger partial charge in [0.1, 0.15) is 0 Å². The van der Waals surface area contributed by atoms with Crippen LogP contribution in [0.5, 0.6) is 0 Å². The van der Waals surface area contributed by atoms with Crippen molar-refractivity contribution in [1.82, 2.24) is 4.72 Å². The number of carbonyl (C=O) groups is 1. The summed E-state index contributed by atoms with van der Waals surface area (Å²) in [6, 6.07) is 6.22. The maximum atomic E-state index is 10.7. The molecule has 14 heavy (non-hydrogen) atoms. The Morgan fingerprint density at radius 1 is 1.50 bits per heavy atom. The van der Waals surface area contributed by atoms with Crippen molar-refractivity contribution >= 4 is 17.2 Å². The smallest absolute Gasteiger partial charge is 0.336 e. The Bertz CT molecular complexity index is 366. The fraction of sp³-hybridized carbons (Fsp3) is 0.125. The lowest BCUT2D eigenvalue weighted by Gasteiger charge is -2.08. The maximum absolute atomic E-state index is 10.7. The molecule has 1 aromatic carbocycles. The molecule has 0 fully saturated rings. The first-order valence-corrected chi connectivity index (χ1v) is 4.82. The van der Waals surface area contributed by atoms with E-state index in [9.17, 15) is 13.6 Å². The van der Waals surface area contributed by atoms with Crippen molar-refractivity contribution in [3.8, 4) is 0 Å². The van der Waals surface area contributed by atoms with Crippen LogP contribution in [0.15, 0.2) is 24.3 Å². The summed E-state index contributed by atoms with van der Waals surface area (Å²) in [5.74, 6) is -1.07. The van der Waals surface area contributed by atoms with Crippen LogP contribution < -0.4 is 4.72 Å². The van der Waals surface area contributed by atoms with E-state index in [-0.39, 0.29) is 12.1 Å². The van der Waals surface area contributed by atoms with Crippen LogP contribution in [0.3, 0.4) is 0 Å². The Kier molecular flexibility index (Phi) is 3.75. The third-order valence-electron chi connectivity index (χ3n) is 1.63. The summed E-state index contributed by atoms with van der Waals surface area (Å²) < 4.78 is 22.5. The third kappa shape index (κ3) is 2.91. The van der Waals surface area contributed by atoms with Crippen molar-refractivity contribution in [3.63, 3.8) is 0 Å². The van der Waals surface area contributed by atoms with E-state index in [1.165, 1.54) is 6.07 Å². The monoisotopic (exact) mass is 214 g/mol. The van der Waals surface area contributed by atoms with E-state index in [0.717, 1.165) is 0 Å². The third-order valence-corrected chi connectivity index (χ3v) is 2.01. The molecule has 76 valence electrons. The van der Waals surface area contributed by atoms with Crippen LogP contribution in [0.4, 0.5) is 0 Å². The molecule has 0 amide bonds. The summed E-state index contributed by atoms with van der Waals surface area (Å²) in [6.07, 6.45) is 0. The molecule has 1 atom stereocenters. The lowest BCUT2D eigenvalue weighted by atomic mass is 10.1. The Morgan fingerprint density at radius 2 is 2.14 bits per heavy atom. The second-order valence-corrected chi connectivity index (χ2v) is 3.28. The van der Waals surface area contributed by atoms with Gasteiger partial charge in [0, 0.05) is 17.8 Å². The normalized spacial score (nSPS) is 12.4. The summed E-state index contributed by atoms with van der Waals surface area (Å²) in [6.45, 7) is -0.0153. The first-order chi connectivity index (χ1) is 6.61. The van der Waals surface area contributed by atoms with E-state index in [1.807, 2.05) is 0 Å². The highest BCUT2D eigenvalue weighted by molar-refractivity contribution is 7.77. The van der Waals surface area contributed by atoms with Crippen molar-refractivity contribution < 1.29 is 18.7 Å². The molecule has 5 nitrogen and oxygen atoms in total. The van der Waals surface area contributed by atoms with Gasteiger partial charge < -0.3 is 9.66 Å². The first-order valence-electron chi connectivity index (χ1n) is 3.75. The number of nitrogens with one attached hydrogen (secondary N) is 1. The van der Waals surface area contributed by atoms with Crippen LogP contribution in [0.2, 0.25) is 0 Å². The van der Waals surface area contributed by atoms with Crippen LogP contribution in [-0.2, 0) is 17.8 Å². The van der Waals surface area contributed by atoms with Gasteiger partial charge in [-0.15, -0.1) is 0 Å². The largest absolute Gasteiger partial charge is 0.760 e. The Labute approximate surface area is 83.2 Å². The Morgan fingerprint density at radius 3 is 2.71 bits per heavy atom. The molecule has 0 spiro atoms. The maximum Gasteiger partial charge on any atom is 0.336 e. The lowest BCUT2D eigenvalue weighted by Crippen LogP contribution is -2.17. The van der Waals surface area contributed by atoms with Crippen molar-refractivity contribution in [3.05, 3.63) is 35.4 Å². The van der Waals surface area contributed by atoms with E-state index in [0.29, 0.717) is 5.56 Å². The molecular formula is C8H8NO4S-. The lowest BCUT2D eigenvalue weighted by molar-refractivity contribution is 0.0695. The van der Waals surface area contributed by atoms with Crippen LogP contribution in [-0.4, -0.2) is 19.8 Å². The zero-order valence-electron chi connectivity index (χ0n) is 7.10. The van der Waals surface area contributed by atoms with Crippen LogP contribution in [0.1, 0.15) is 15.9 Å². The molecule has 0 radical (unpaired) electrons. The zero-order valence-corrected chi connectivity index (χ0v) is 7.91. The van der Waals surface area contributed by atoms with Gasteiger partial charge in [-0.3, -0.25) is 4.21 Å². The van der Waals surface area contributed by atoms with Gasteiger partial charge in [0.2, 0.25) is 0 Å². The molecular weight excluding hydrogens is 206 g/mol. The molecule has 1 rings (SSSR count). The average molecular weight is 214 g/mol. The Hall–Kier alpha value is -1.24. The number of benzene rings is 1. The zero-order chi connectivity index (χ0) is 10.6. The molecule has 0 saturated carbocycles. The van der Waals surface area contributed by atoms with Crippen LogP contribution in [0.25, 0.3) is 0 Å². The number of rotatable bonds is 4. The van der Waals surface area contributed by atoms with Gasteiger partial charge in [0.05, 0.1) is 5.56 Å². The summed E-state index contributed by atoms with van der Waals surface area (Å²) in [4.78, 5) is 10.7. The number of carboxylic acids is 1. The minimum Gasteiger partial charge on any atom is -0.760 e. The van der Waals surface area contributed by atoms with Gasteiger partial charge >= 0.3 is 5.97 Å². The predicted octanol–water partition coefficient (Wildman–Crippen LogP) is 0.269. The minimum atomic E-state index is -2.38. The summed E-state index contributed by atoms with van der Waals surface area (Å²) in [5.41, 5.74) is 0.537. The SMILES string of the molecule is O=C(O)c1ccccc1CNS(=O)[O-]. The van der Waals surface area contributed by atoms with Crippen LogP contribution in [0, 0.1) is 0 Å². The molecule has 0 saturated heterocycles. The summed E-state index contributed by atoms with van der Waals surface area (Å²) in [5, 5.41) is 8.75. The van der Waals surface area contributed by atoms with Gasteiger partial charge in [0.25, 0.3) is 0 Å².